The van der Waals surface area contributed by atoms with E-state index in [2.05, 4.69) is 15.0 Å². The van der Waals surface area contributed by atoms with E-state index >= 15 is 0 Å². The minimum atomic E-state index is -0.663. The fraction of sp³-hybridized carbons (Fsp3) is 0.172. The van der Waals surface area contributed by atoms with Crippen molar-refractivity contribution < 1.29 is 13.6 Å². The summed E-state index contributed by atoms with van der Waals surface area (Å²) >= 11 is 6.06. The Kier molecular flexibility index (Phi) is 6.96. The van der Waals surface area contributed by atoms with E-state index in [1.54, 1.807) is 24.5 Å². The molecule has 0 radical (unpaired) electrons. The Labute approximate surface area is 212 Å². The molecule has 0 saturated carbocycles. The van der Waals surface area contributed by atoms with Crippen LogP contribution in [0.1, 0.15) is 41.1 Å². The third-order valence-corrected chi connectivity index (χ3v) is 6.49. The lowest BCUT2D eigenvalue weighted by atomic mass is 9.87. The highest BCUT2D eigenvalue weighted by Gasteiger charge is 2.25. The Bertz CT molecular complexity index is 1430. The number of rotatable bonds is 8. The van der Waals surface area contributed by atoms with Crippen LogP contribution in [0.5, 0.6) is 0 Å². The third-order valence-electron chi connectivity index (χ3n) is 6.24. The molecule has 3 aromatic carbocycles. The van der Waals surface area contributed by atoms with Gasteiger partial charge in [-0.1, -0.05) is 48.0 Å². The predicted octanol–water partition coefficient (Wildman–Crippen LogP) is 6.75. The van der Waals surface area contributed by atoms with Gasteiger partial charge in [0.25, 0.3) is 0 Å². The van der Waals surface area contributed by atoms with Crippen LogP contribution in [0, 0.1) is 11.6 Å². The molecule has 4 aromatic rings. The minimum Gasteiger partial charge on any atom is -0.299 e. The Balaban J connectivity index is 1.47. The van der Waals surface area contributed by atoms with Crippen molar-refractivity contribution in [1.82, 2.24) is 9.97 Å². The molecule has 4 nitrogen and oxygen atoms in total. The van der Waals surface area contributed by atoms with Gasteiger partial charge in [0.15, 0.2) is 0 Å². The second-order valence-electron chi connectivity index (χ2n) is 8.82. The van der Waals surface area contributed by atoms with Crippen molar-refractivity contribution in [1.29, 1.82) is 0 Å². The first-order chi connectivity index (χ1) is 17.5. The number of hydrogen-bond acceptors (Lipinski definition) is 4. The first-order valence-electron chi connectivity index (χ1n) is 11.6. The standard InChI is InChI=1S/C29H22ClF2N3O/c30-22-7-5-19(6-8-22)28-29(34-10-9-33-28)21(11-18-12-23(31)15-24(32)13-18)14-25(36)16-27-26-4-2-1-3-20(26)17-35-27/h1-10,12-13,15,21H,11,14,16-17H2. The van der Waals surface area contributed by atoms with Gasteiger partial charge in [0, 0.05) is 53.4 Å². The molecule has 0 amide bonds. The molecule has 0 fully saturated rings. The number of benzene rings is 3. The van der Waals surface area contributed by atoms with Crippen molar-refractivity contribution in [3.8, 4) is 11.3 Å². The van der Waals surface area contributed by atoms with Crippen LogP contribution in [0.15, 0.2) is 84.1 Å². The highest BCUT2D eigenvalue weighted by molar-refractivity contribution is 6.30. The van der Waals surface area contributed by atoms with Crippen molar-refractivity contribution in [2.75, 3.05) is 0 Å². The number of nitrogens with zero attached hydrogens (tertiary/aromatic N) is 3. The molecule has 0 spiro atoms. The summed E-state index contributed by atoms with van der Waals surface area (Å²) in [6.45, 7) is 0.565. The zero-order valence-corrected chi connectivity index (χ0v) is 20.1. The van der Waals surface area contributed by atoms with Crippen LogP contribution in [0.3, 0.4) is 0 Å². The molecular weight excluding hydrogens is 480 g/mol. The Morgan fingerprint density at radius 1 is 0.944 bits per heavy atom. The average Bonchev–Trinajstić information content (AvgIpc) is 3.26. The fourth-order valence-electron chi connectivity index (χ4n) is 4.65. The molecule has 1 aliphatic rings. The smallest absolute Gasteiger partial charge is 0.139 e. The van der Waals surface area contributed by atoms with Crippen LogP contribution < -0.4 is 0 Å². The largest absolute Gasteiger partial charge is 0.299 e. The van der Waals surface area contributed by atoms with Gasteiger partial charge in [-0.2, -0.15) is 0 Å². The van der Waals surface area contributed by atoms with Crippen LogP contribution >= 0.6 is 11.6 Å². The monoisotopic (exact) mass is 501 g/mol. The van der Waals surface area contributed by atoms with Gasteiger partial charge < -0.3 is 0 Å². The van der Waals surface area contributed by atoms with E-state index in [-0.39, 0.29) is 25.0 Å². The molecule has 0 aliphatic carbocycles. The fourth-order valence-corrected chi connectivity index (χ4v) is 4.77. The van der Waals surface area contributed by atoms with Crippen LogP contribution in [-0.4, -0.2) is 21.5 Å². The molecule has 1 atom stereocenters. The zero-order valence-electron chi connectivity index (χ0n) is 19.3. The quantitative estimate of drug-likeness (QED) is 0.268. The molecule has 0 saturated heterocycles. The number of ketones is 1. The van der Waals surface area contributed by atoms with Gasteiger partial charge in [0.2, 0.25) is 0 Å². The van der Waals surface area contributed by atoms with Gasteiger partial charge in [-0.25, -0.2) is 8.78 Å². The summed E-state index contributed by atoms with van der Waals surface area (Å²) in [6, 6.07) is 18.5. The maximum absolute atomic E-state index is 14.0. The van der Waals surface area contributed by atoms with Gasteiger partial charge in [-0.15, -0.1) is 0 Å². The summed E-state index contributed by atoms with van der Waals surface area (Å²) in [5, 5.41) is 0.587. The first kappa shape index (κ1) is 23.9. The number of fused-ring (bicyclic) bond motifs is 1. The predicted molar refractivity (Wildman–Crippen MR) is 136 cm³/mol. The van der Waals surface area contributed by atoms with E-state index in [0.717, 1.165) is 28.5 Å². The molecule has 2 heterocycles. The SMILES string of the molecule is O=C(CC1=NCc2ccccc21)CC(Cc1cc(F)cc(F)c1)c1nccnc1-c1ccc(Cl)cc1. The van der Waals surface area contributed by atoms with Crippen molar-refractivity contribution >= 4 is 23.1 Å². The van der Waals surface area contributed by atoms with E-state index in [1.807, 2.05) is 36.4 Å². The normalized spacial score (nSPS) is 13.2. The Morgan fingerprint density at radius 2 is 1.67 bits per heavy atom. The lowest BCUT2D eigenvalue weighted by molar-refractivity contribution is -0.118. The molecule has 180 valence electrons. The molecule has 1 aromatic heterocycles. The Hall–Kier alpha value is -3.77. The van der Waals surface area contributed by atoms with E-state index in [1.165, 1.54) is 12.1 Å². The van der Waals surface area contributed by atoms with Gasteiger partial charge in [0.1, 0.15) is 17.4 Å². The lowest BCUT2D eigenvalue weighted by Gasteiger charge is -2.19. The summed E-state index contributed by atoms with van der Waals surface area (Å²) in [7, 11) is 0. The highest BCUT2D eigenvalue weighted by Crippen LogP contribution is 2.32. The number of Topliss-reactive ketones (excluding diaryl/α,β-unsaturated/α-hetero) is 1. The molecule has 5 rings (SSSR count). The molecule has 7 heteroatoms. The average molecular weight is 502 g/mol. The van der Waals surface area contributed by atoms with Crippen molar-refractivity contribution in [2.45, 2.75) is 31.7 Å². The maximum Gasteiger partial charge on any atom is 0.139 e. The zero-order chi connectivity index (χ0) is 25.1. The van der Waals surface area contributed by atoms with Crippen molar-refractivity contribution in [2.24, 2.45) is 4.99 Å². The Morgan fingerprint density at radius 3 is 2.44 bits per heavy atom. The molecule has 1 aliphatic heterocycles. The summed E-state index contributed by atoms with van der Waals surface area (Å²) in [4.78, 5) is 27.0. The van der Waals surface area contributed by atoms with Crippen LogP contribution in [0.25, 0.3) is 11.3 Å². The van der Waals surface area contributed by atoms with E-state index < -0.39 is 17.6 Å². The number of aromatic nitrogens is 2. The number of carbonyl (C=O) groups is 1. The topological polar surface area (TPSA) is 55.2 Å². The maximum atomic E-state index is 14.0. The summed E-state index contributed by atoms with van der Waals surface area (Å²) in [5.41, 5.74) is 5.30. The first-order valence-corrected chi connectivity index (χ1v) is 12.0. The van der Waals surface area contributed by atoms with Crippen LogP contribution in [-0.2, 0) is 17.8 Å². The van der Waals surface area contributed by atoms with E-state index in [9.17, 15) is 13.6 Å². The van der Waals surface area contributed by atoms with Crippen LogP contribution in [0.2, 0.25) is 5.02 Å². The molecule has 36 heavy (non-hydrogen) atoms. The van der Waals surface area contributed by atoms with Gasteiger partial charge >= 0.3 is 0 Å². The van der Waals surface area contributed by atoms with E-state index in [4.69, 9.17) is 11.6 Å². The van der Waals surface area contributed by atoms with Gasteiger partial charge in [0.05, 0.1) is 23.6 Å². The second-order valence-corrected chi connectivity index (χ2v) is 9.25. The van der Waals surface area contributed by atoms with E-state index in [0.29, 0.717) is 28.5 Å². The van der Waals surface area contributed by atoms with Crippen molar-refractivity contribution in [3.05, 3.63) is 118 Å². The molecule has 1 unspecified atom stereocenters. The molecular formula is C29H22ClF2N3O. The summed E-state index contributed by atoms with van der Waals surface area (Å²) < 4.78 is 27.9. The highest BCUT2D eigenvalue weighted by atomic mass is 35.5. The number of carbonyl (C=O) groups excluding carboxylic acids is 1. The second kappa shape index (κ2) is 10.5. The van der Waals surface area contributed by atoms with Crippen LogP contribution in [0.4, 0.5) is 8.78 Å². The van der Waals surface area contributed by atoms with Gasteiger partial charge in [-0.05, 0) is 41.8 Å². The third kappa shape index (κ3) is 5.39. The molecule has 0 bridgehead atoms. The van der Waals surface area contributed by atoms with Gasteiger partial charge in [-0.3, -0.25) is 19.8 Å². The lowest BCUT2D eigenvalue weighted by Crippen LogP contribution is -2.16. The summed E-state index contributed by atoms with van der Waals surface area (Å²) in [5.74, 6) is -1.80. The number of aliphatic imine (C=N–C) groups is 1. The molecule has 0 N–H and O–H groups in total. The number of hydrogen-bond donors (Lipinski definition) is 0. The summed E-state index contributed by atoms with van der Waals surface area (Å²) in [6.07, 6.45) is 3.68. The number of halogens is 3. The van der Waals surface area contributed by atoms with Crippen molar-refractivity contribution in [3.63, 3.8) is 0 Å². The minimum absolute atomic E-state index is 0.0277.